The summed E-state index contributed by atoms with van der Waals surface area (Å²) in [6.07, 6.45) is 5.77. The third kappa shape index (κ3) is 2.24. The number of hydrogen-bond donors (Lipinski definition) is 1. The van der Waals surface area contributed by atoms with Crippen molar-refractivity contribution in [1.82, 2.24) is 10.2 Å². The third-order valence-electron chi connectivity index (χ3n) is 4.95. The van der Waals surface area contributed by atoms with E-state index in [1.165, 1.54) is 30.6 Å². The van der Waals surface area contributed by atoms with Gasteiger partial charge < -0.3 is 10.1 Å². The van der Waals surface area contributed by atoms with Crippen molar-refractivity contribution >= 4 is 22.4 Å². The van der Waals surface area contributed by atoms with Crippen LogP contribution in [0.1, 0.15) is 43.0 Å². The Bertz CT molecular complexity index is 502. The van der Waals surface area contributed by atoms with Gasteiger partial charge in [0.25, 0.3) is 0 Å². The van der Waals surface area contributed by atoms with Crippen LogP contribution < -0.4 is 5.32 Å². The largest absolute Gasteiger partial charge is 0.381 e. The number of nitrogens with zero attached hydrogens (tertiary/aromatic N) is 2. The summed E-state index contributed by atoms with van der Waals surface area (Å²) in [5.41, 5.74) is 0. The first-order valence-electron chi connectivity index (χ1n) is 7.55. The lowest BCUT2D eigenvalue weighted by Gasteiger charge is -2.18. The van der Waals surface area contributed by atoms with E-state index in [9.17, 15) is 4.79 Å². The van der Waals surface area contributed by atoms with Crippen LogP contribution in [0.5, 0.6) is 0 Å². The van der Waals surface area contributed by atoms with Crippen molar-refractivity contribution in [2.75, 3.05) is 18.5 Å². The zero-order chi connectivity index (χ0) is 13.5. The van der Waals surface area contributed by atoms with Gasteiger partial charge in [0.1, 0.15) is 5.01 Å². The normalized spacial score (nSPS) is 32.9. The Morgan fingerprint density at radius 3 is 2.65 bits per heavy atom. The number of amides is 1. The summed E-state index contributed by atoms with van der Waals surface area (Å²) in [7, 11) is 0. The topological polar surface area (TPSA) is 64.1 Å². The van der Waals surface area contributed by atoms with Crippen LogP contribution in [0.25, 0.3) is 0 Å². The Labute approximate surface area is 122 Å². The van der Waals surface area contributed by atoms with Crippen molar-refractivity contribution in [3.8, 4) is 0 Å². The molecule has 0 bridgehead atoms. The number of hydrogen-bond acceptors (Lipinski definition) is 5. The van der Waals surface area contributed by atoms with E-state index in [0.29, 0.717) is 22.9 Å². The quantitative estimate of drug-likeness (QED) is 0.929. The summed E-state index contributed by atoms with van der Waals surface area (Å²) in [6.45, 7) is 1.61. The first-order chi connectivity index (χ1) is 9.83. The molecule has 6 heteroatoms. The van der Waals surface area contributed by atoms with E-state index in [4.69, 9.17) is 4.74 Å². The Morgan fingerprint density at radius 2 is 1.90 bits per heavy atom. The molecule has 1 aromatic heterocycles. The second kappa shape index (κ2) is 5.07. The van der Waals surface area contributed by atoms with E-state index >= 15 is 0 Å². The molecule has 5 nitrogen and oxygen atoms in total. The molecular formula is C14H19N3O2S. The molecule has 1 aliphatic heterocycles. The van der Waals surface area contributed by atoms with Crippen molar-refractivity contribution in [2.24, 2.45) is 17.8 Å². The lowest BCUT2D eigenvalue weighted by Crippen LogP contribution is -2.16. The molecule has 2 unspecified atom stereocenters. The summed E-state index contributed by atoms with van der Waals surface area (Å²) < 4.78 is 5.36. The second-order valence-electron chi connectivity index (χ2n) is 6.11. The Kier molecular flexibility index (Phi) is 3.22. The lowest BCUT2D eigenvalue weighted by molar-refractivity contribution is -0.118. The zero-order valence-electron chi connectivity index (χ0n) is 11.4. The van der Waals surface area contributed by atoms with E-state index < -0.39 is 0 Å². The van der Waals surface area contributed by atoms with Crippen LogP contribution in [0.2, 0.25) is 0 Å². The Balaban J connectivity index is 1.37. The summed E-state index contributed by atoms with van der Waals surface area (Å²) >= 11 is 1.53. The van der Waals surface area contributed by atoms with Crippen molar-refractivity contribution in [3.63, 3.8) is 0 Å². The third-order valence-corrected chi connectivity index (χ3v) is 5.95. The van der Waals surface area contributed by atoms with Gasteiger partial charge in [-0.2, -0.15) is 0 Å². The van der Waals surface area contributed by atoms with Crippen LogP contribution in [-0.4, -0.2) is 29.3 Å². The average Bonchev–Trinajstić information content (AvgIpc) is 2.85. The summed E-state index contributed by atoms with van der Waals surface area (Å²) in [4.78, 5) is 12.2. The van der Waals surface area contributed by atoms with Crippen LogP contribution in [0.4, 0.5) is 5.13 Å². The summed E-state index contributed by atoms with van der Waals surface area (Å²) in [6, 6.07) is 0. The molecule has 3 fully saturated rings. The van der Waals surface area contributed by atoms with Crippen molar-refractivity contribution in [2.45, 2.75) is 38.0 Å². The predicted octanol–water partition coefficient (Wildman–Crippen LogP) is 2.42. The van der Waals surface area contributed by atoms with Crippen molar-refractivity contribution in [1.29, 1.82) is 0 Å². The molecular weight excluding hydrogens is 274 g/mol. The van der Waals surface area contributed by atoms with Gasteiger partial charge in [-0.05, 0) is 37.5 Å². The minimum Gasteiger partial charge on any atom is -0.381 e. The van der Waals surface area contributed by atoms with Crippen LogP contribution >= 0.6 is 11.3 Å². The van der Waals surface area contributed by atoms with Gasteiger partial charge in [-0.25, -0.2) is 0 Å². The van der Waals surface area contributed by atoms with Gasteiger partial charge in [0, 0.05) is 25.0 Å². The Hall–Kier alpha value is -1.01. The number of ether oxygens (including phenoxy) is 1. The molecule has 4 rings (SSSR count). The molecule has 0 radical (unpaired) electrons. The standard InChI is InChI=1S/C14H19N3O2S/c18-12(11-9-2-1-3-10(9)11)15-14-17-16-13(20-14)8-4-6-19-7-5-8/h8-11H,1-7H2,(H,15,17,18). The minimum absolute atomic E-state index is 0.161. The van der Waals surface area contributed by atoms with Crippen LogP contribution in [-0.2, 0) is 9.53 Å². The first-order valence-corrected chi connectivity index (χ1v) is 8.36. The van der Waals surface area contributed by atoms with Crippen molar-refractivity contribution in [3.05, 3.63) is 5.01 Å². The lowest BCUT2D eigenvalue weighted by atomic mass is 10.0. The van der Waals surface area contributed by atoms with Gasteiger partial charge in [-0.1, -0.05) is 17.8 Å². The Morgan fingerprint density at radius 1 is 1.15 bits per heavy atom. The highest BCUT2D eigenvalue weighted by atomic mass is 32.1. The first kappa shape index (κ1) is 12.7. The molecule has 2 atom stereocenters. The molecule has 0 spiro atoms. The molecule has 1 amide bonds. The van der Waals surface area contributed by atoms with Gasteiger partial charge >= 0.3 is 0 Å². The maximum Gasteiger partial charge on any atom is 0.229 e. The van der Waals surface area contributed by atoms with Gasteiger partial charge in [-0.3, -0.25) is 4.79 Å². The minimum atomic E-state index is 0.161. The summed E-state index contributed by atoms with van der Waals surface area (Å²) in [5.74, 6) is 2.16. The molecule has 0 aromatic carbocycles. The van der Waals surface area contributed by atoms with E-state index in [-0.39, 0.29) is 11.8 Å². The smallest absolute Gasteiger partial charge is 0.229 e. The molecule has 108 valence electrons. The fraction of sp³-hybridized carbons (Fsp3) is 0.786. The molecule has 1 N–H and O–H groups in total. The van der Waals surface area contributed by atoms with Gasteiger partial charge in [0.05, 0.1) is 0 Å². The highest BCUT2D eigenvalue weighted by molar-refractivity contribution is 7.15. The maximum absolute atomic E-state index is 12.2. The highest BCUT2D eigenvalue weighted by Gasteiger charge is 2.56. The number of rotatable bonds is 3. The fourth-order valence-corrected chi connectivity index (χ4v) is 4.71. The molecule has 1 aromatic rings. The van der Waals surface area contributed by atoms with Gasteiger partial charge in [0.2, 0.25) is 11.0 Å². The second-order valence-corrected chi connectivity index (χ2v) is 7.11. The molecule has 2 saturated carbocycles. The SMILES string of the molecule is O=C(Nc1nnc(C2CCOCC2)s1)C1C2CCCC21. The molecule has 1 saturated heterocycles. The summed E-state index contributed by atoms with van der Waals surface area (Å²) in [5, 5.41) is 13.1. The number of aromatic nitrogens is 2. The number of nitrogens with one attached hydrogen (secondary N) is 1. The number of anilines is 1. The number of fused-ring (bicyclic) bond motifs is 1. The maximum atomic E-state index is 12.2. The van der Waals surface area contributed by atoms with Crippen molar-refractivity contribution < 1.29 is 9.53 Å². The van der Waals surface area contributed by atoms with E-state index in [0.717, 1.165) is 31.1 Å². The number of carbonyl (C=O) groups is 1. The zero-order valence-corrected chi connectivity index (χ0v) is 12.2. The van der Waals surface area contributed by atoms with Crippen LogP contribution in [0.3, 0.4) is 0 Å². The monoisotopic (exact) mass is 293 g/mol. The average molecular weight is 293 g/mol. The van der Waals surface area contributed by atoms with E-state index in [1.807, 2.05) is 0 Å². The van der Waals surface area contributed by atoms with E-state index in [2.05, 4.69) is 15.5 Å². The van der Waals surface area contributed by atoms with Gasteiger partial charge in [0.15, 0.2) is 0 Å². The molecule has 2 aliphatic carbocycles. The molecule has 2 heterocycles. The van der Waals surface area contributed by atoms with Gasteiger partial charge in [-0.15, -0.1) is 10.2 Å². The van der Waals surface area contributed by atoms with Crippen LogP contribution in [0.15, 0.2) is 0 Å². The number of carbonyl (C=O) groups excluding carboxylic acids is 1. The van der Waals surface area contributed by atoms with E-state index in [1.54, 1.807) is 0 Å². The fourth-order valence-electron chi connectivity index (χ4n) is 3.79. The van der Waals surface area contributed by atoms with Crippen LogP contribution in [0, 0.1) is 17.8 Å². The molecule has 3 aliphatic rings. The highest BCUT2D eigenvalue weighted by Crippen LogP contribution is 2.57. The predicted molar refractivity (Wildman–Crippen MR) is 75.7 cm³/mol. The molecule has 20 heavy (non-hydrogen) atoms.